The van der Waals surface area contributed by atoms with Crippen molar-refractivity contribution in [3.05, 3.63) is 52.7 Å². The molecule has 1 N–H and O–H groups in total. The summed E-state index contributed by atoms with van der Waals surface area (Å²) in [6.07, 6.45) is 0. The Hall–Kier alpha value is -3.07. The monoisotopic (exact) mass is 406 g/mol. The van der Waals surface area contributed by atoms with E-state index in [1.54, 1.807) is 6.07 Å². The van der Waals surface area contributed by atoms with Gasteiger partial charge in [0.25, 0.3) is 15.9 Å². The highest BCUT2D eigenvalue weighted by Gasteiger charge is 2.38. The predicted molar refractivity (Wildman–Crippen MR) is 104 cm³/mol. The number of carbonyl (C=O) groups is 1. The second-order valence-electron chi connectivity index (χ2n) is 6.08. The Morgan fingerprint density at radius 3 is 2.32 bits per heavy atom. The minimum absolute atomic E-state index is 0.108. The number of sulfonamides is 1. The van der Waals surface area contributed by atoms with E-state index in [0.29, 0.717) is 22.7 Å². The molecule has 0 atom stereocenters. The van der Waals surface area contributed by atoms with Crippen LogP contribution in [-0.4, -0.2) is 35.6 Å². The fourth-order valence-electron chi connectivity index (χ4n) is 3.04. The van der Waals surface area contributed by atoms with Gasteiger partial charge in [0.2, 0.25) is 0 Å². The van der Waals surface area contributed by atoms with Crippen molar-refractivity contribution in [1.82, 2.24) is 0 Å². The van der Waals surface area contributed by atoms with Crippen molar-refractivity contribution in [3.63, 3.8) is 0 Å². The van der Waals surface area contributed by atoms with E-state index >= 15 is 0 Å². The number of allylic oxidation sites excluding steroid dienone is 1. The Balaban J connectivity index is 2.17. The van der Waals surface area contributed by atoms with Crippen molar-refractivity contribution < 1.29 is 27.1 Å². The number of halogens is 1. The third-order valence-corrected chi connectivity index (χ3v) is 6.46. The molecule has 0 fully saturated rings. The van der Waals surface area contributed by atoms with Gasteiger partial charge in [0.1, 0.15) is 5.82 Å². The van der Waals surface area contributed by atoms with Crippen LogP contribution in [0.4, 0.5) is 15.8 Å². The standard InChI is InChI=1S/C19H19FN2O5S/c1-11-12-9-16(26-3)17(27-4)10-15(12)22(2)28(24,25)18(11)19(23)21-14-8-6-5-7-13(14)20/h5-10H,1-4H3,(H,21,23). The highest BCUT2D eigenvalue weighted by Crippen LogP contribution is 2.44. The Morgan fingerprint density at radius 1 is 1.11 bits per heavy atom. The summed E-state index contributed by atoms with van der Waals surface area (Å²) in [4.78, 5) is 12.3. The maximum atomic E-state index is 13.9. The Labute approximate surface area is 162 Å². The smallest absolute Gasteiger partial charge is 0.269 e. The van der Waals surface area contributed by atoms with Gasteiger partial charge in [-0.05, 0) is 30.7 Å². The number of nitrogens with one attached hydrogen (secondary N) is 1. The number of amides is 1. The first-order chi connectivity index (χ1) is 13.2. The van der Waals surface area contributed by atoms with Crippen LogP contribution >= 0.6 is 0 Å². The predicted octanol–water partition coefficient (Wildman–Crippen LogP) is 2.99. The van der Waals surface area contributed by atoms with Gasteiger partial charge >= 0.3 is 0 Å². The van der Waals surface area contributed by atoms with Crippen LogP contribution < -0.4 is 19.1 Å². The Kier molecular flexibility index (Phi) is 5.03. The van der Waals surface area contributed by atoms with E-state index in [1.165, 1.54) is 58.5 Å². The highest BCUT2D eigenvalue weighted by molar-refractivity contribution is 7.97. The lowest BCUT2D eigenvalue weighted by atomic mass is 10.0. The Bertz CT molecular complexity index is 1100. The van der Waals surface area contributed by atoms with Crippen molar-refractivity contribution >= 4 is 32.9 Å². The molecule has 1 aliphatic rings. The third-order valence-electron chi connectivity index (χ3n) is 4.53. The fraction of sp³-hybridized carbons (Fsp3) is 0.211. The number of anilines is 2. The molecule has 28 heavy (non-hydrogen) atoms. The topological polar surface area (TPSA) is 84.9 Å². The summed E-state index contributed by atoms with van der Waals surface area (Å²) in [5.41, 5.74) is 0.956. The number of carbonyl (C=O) groups excluding carboxylic acids is 1. The number of nitrogens with zero attached hydrogens (tertiary/aromatic N) is 1. The molecule has 0 aromatic heterocycles. The highest BCUT2D eigenvalue weighted by atomic mass is 32.2. The van der Waals surface area contributed by atoms with Crippen molar-refractivity contribution in [3.8, 4) is 11.5 Å². The molecule has 2 aromatic rings. The summed E-state index contributed by atoms with van der Waals surface area (Å²) >= 11 is 0. The van der Waals surface area contributed by atoms with Gasteiger partial charge < -0.3 is 14.8 Å². The van der Waals surface area contributed by atoms with Gasteiger partial charge in [-0.2, -0.15) is 0 Å². The number of rotatable bonds is 4. The van der Waals surface area contributed by atoms with Crippen LogP contribution in [0.1, 0.15) is 12.5 Å². The van der Waals surface area contributed by atoms with Crippen molar-refractivity contribution in [2.45, 2.75) is 6.92 Å². The second-order valence-corrected chi connectivity index (χ2v) is 7.99. The lowest BCUT2D eigenvalue weighted by molar-refractivity contribution is -0.112. The number of ether oxygens (including phenoxy) is 2. The zero-order valence-electron chi connectivity index (χ0n) is 15.7. The number of benzene rings is 2. The largest absolute Gasteiger partial charge is 0.493 e. The van der Waals surface area contributed by atoms with Crippen LogP contribution in [-0.2, 0) is 14.8 Å². The van der Waals surface area contributed by atoms with Crippen LogP contribution in [0, 0.1) is 5.82 Å². The first-order valence-electron chi connectivity index (χ1n) is 8.24. The van der Waals surface area contributed by atoms with Gasteiger partial charge in [0.15, 0.2) is 16.4 Å². The molecule has 0 radical (unpaired) electrons. The summed E-state index contributed by atoms with van der Waals surface area (Å²) in [5, 5.41) is 2.33. The molecule has 0 unspecified atom stereocenters. The normalized spacial score (nSPS) is 15.1. The molecule has 0 saturated carbocycles. The van der Waals surface area contributed by atoms with Crippen LogP contribution in [0.5, 0.6) is 11.5 Å². The number of hydrogen-bond donors (Lipinski definition) is 1. The van der Waals surface area contributed by atoms with E-state index < -0.39 is 26.7 Å². The molecule has 0 bridgehead atoms. The number of fused-ring (bicyclic) bond motifs is 1. The summed E-state index contributed by atoms with van der Waals surface area (Å²) in [7, 11) is 0.0755. The van der Waals surface area contributed by atoms with Gasteiger partial charge in [-0.25, -0.2) is 12.8 Å². The van der Waals surface area contributed by atoms with Gasteiger partial charge in [-0.1, -0.05) is 12.1 Å². The van der Waals surface area contributed by atoms with Crippen LogP contribution in [0.25, 0.3) is 5.57 Å². The SMILES string of the molecule is COc1cc2c(cc1OC)N(C)S(=O)(=O)C(C(=O)Nc1ccccc1F)=C2C. The van der Waals surface area contributed by atoms with Gasteiger partial charge in [0.05, 0.1) is 25.6 Å². The Morgan fingerprint density at radius 2 is 1.71 bits per heavy atom. The van der Waals surface area contributed by atoms with E-state index in [4.69, 9.17) is 9.47 Å². The first-order valence-corrected chi connectivity index (χ1v) is 9.68. The number of methoxy groups -OCH3 is 2. The molecule has 0 aliphatic carbocycles. The van der Waals surface area contributed by atoms with E-state index in [-0.39, 0.29) is 11.3 Å². The van der Waals surface area contributed by atoms with E-state index in [9.17, 15) is 17.6 Å². The minimum Gasteiger partial charge on any atom is -0.493 e. The van der Waals surface area contributed by atoms with Crippen molar-refractivity contribution in [1.29, 1.82) is 0 Å². The fourth-order valence-corrected chi connectivity index (χ4v) is 4.51. The molecule has 148 valence electrons. The maximum Gasteiger partial charge on any atom is 0.269 e. The van der Waals surface area contributed by atoms with E-state index in [0.717, 1.165) is 4.31 Å². The van der Waals surface area contributed by atoms with Gasteiger partial charge in [-0.3, -0.25) is 9.10 Å². The molecule has 1 amide bonds. The molecular formula is C19H19FN2O5S. The maximum absolute atomic E-state index is 13.9. The number of hydrogen-bond acceptors (Lipinski definition) is 5. The van der Waals surface area contributed by atoms with Gasteiger partial charge in [0, 0.05) is 18.7 Å². The molecule has 7 nitrogen and oxygen atoms in total. The van der Waals surface area contributed by atoms with Crippen LogP contribution in [0.2, 0.25) is 0 Å². The summed E-state index contributed by atoms with van der Waals surface area (Å²) < 4.78 is 51.4. The quantitative estimate of drug-likeness (QED) is 0.844. The molecular weight excluding hydrogens is 387 g/mol. The van der Waals surface area contributed by atoms with Crippen molar-refractivity contribution in [2.24, 2.45) is 0 Å². The molecule has 2 aromatic carbocycles. The molecule has 1 heterocycles. The lowest BCUT2D eigenvalue weighted by Crippen LogP contribution is -2.36. The van der Waals surface area contributed by atoms with Crippen LogP contribution in [0.15, 0.2) is 41.3 Å². The number of para-hydroxylation sites is 1. The van der Waals surface area contributed by atoms with E-state index in [1.807, 2.05) is 0 Å². The lowest BCUT2D eigenvalue weighted by Gasteiger charge is -2.30. The molecule has 0 saturated heterocycles. The van der Waals surface area contributed by atoms with Gasteiger partial charge in [-0.15, -0.1) is 0 Å². The van der Waals surface area contributed by atoms with E-state index in [2.05, 4.69) is 5.32 Å². The summed E-state index contributed by atoms with van der Waals surface area (Å²) in [6.45, 7) is 1.52. The average Bonchev–Trinajstić information content (AvgIpc) is 2.67. The van der Waals surface area contributed by atoms with Crippen LogP contribution in [0.3, 0.4) is 0 Å². The second kappa shape index (κ2) is 7.16. The summed E-state index contributed by atoms with van der Waals surface area (Å²) in [5.74, 6) is -0.838. The molecule has 9 heteroatoms. The van der Waals surface area contributed by atoms with Crippen molar-refractivity contribution in [2.75, 3.05) is 30.9 Å². The third kappa shape index (κ3) is 3.07. The molecule has 1 aliphatic heterocycles. The average molecular weight is 406 g/mol. The zero-order chi connectivity index (χ0) is 20.6. The zero-order valence-corrected chi connectivity index (χ0v) is 16.6. The molecule has 3 rings (SSSR count). The summed E-state index contributed by atoms with van der Waals surface area (Å²) in [6, 6.07) is 8.66. The minimum atomic E-state index is -4.16. The first kappa shape index (κ1) is 19.7. The molecule has 0 spiro atoms.